The number of hydrogen-bond donors (Lipinski definition) is 3. The molecule has 66 valence electrons. The maximum atomic E-state index is 9.52. The van der Waals surface area contributed by atoms with Crippen LogP contribution in [0.25, 0.3) is 0 Å². The highest BCUT2D eigenvalue weighted by atomic mass is 16.3. The van der Waals surface area contributed by atoms with Crippen LogP contribution >= 0.6 is 0 Å². The second-order valence-electron chi connectivity index (χ2n) is 3.26. The summed E-state index contributed by atoms with van der Waals surface area (Å²) in [5.41, 5.74) is -0.814. The van der Waals surface area contributed by atoms with Crippen molar-refractivity contribution in [1.29, 1.82) is 0 Å². The van der Waals surface area contributed by atoms with Gasteiger partial charge in [-0.2, -0.15) is 0 Å². The summed E-state index contributed by atoms with van der Waals surface area (Å²) in [6.45, 7) is 3.09. The van der Waals surface area contributed by atoms with Gasteiger partial charge < -0.3 is 15.3 Å². The van der Waals surface area contributed by atoms with Gasteiger partial charge in [0.15, 0.2) is 0 Å². The minimum Gasteiger partial charge on any atom is -0.508 e. The van der Waals surface area contributed by atoms with Gasteiger partial charge in [-0.15, -0.1) is 0 Å². The Morgan fingerprint density at radius 3 is 2.17 bits per heavy atom. The van der Waals surface area contributed by atoms with Crippen molar-refractivity contribution in [3.63, 3.8) is 0 Å². The van der Waals surface area contributed by atoms with Crippen molar-refractivity contribution in [3.8, 4) is 11.5 Å². The minimum absolute atomic E-state index is 0.0136. The SMILES string of the molecule is CC(C)(O)c1cc(O)ccc1O. The molecule has 0 saturated heterocycles. The number of benzene rings is 1. The average Bonchev–Trinajstić information content (AvgIpc) is 1.92. The summed E-state index contributed by atoms with van der Waals surface area (Å²) in [7, 11) is 0. The zero-order chi connectivity index (χ0) is 9.35. The van der Waals surface area contributed by atoms with Gasteiger partial charge in [-0.3, -0.25) is 0 Å². The van der Waals surface area contributed by atoms with Crippen LogP contribution in [0.1, 0.15) is 19.4 Å². The fraction of sp³-hybridized carbons (Fsp3) is 0.333. The molecule has 1 aromatic rings. The zero-order valence-corrected chi connectivity index (χ0v) is 7.07. The van der Waals surface area contributed by atoms with Crippen LogP contribution < -0.4 is 0 Å². The lowest BCUT2D eigenvalue weighted by molar-refractivity contribution is 0.0755. The molecule has 0 saturated carbocycles. The fourth-order valence-corrected chi connectivity index (χ4v) is 1.01. The van der Waals surface area contributed by atoms with E-state index in [0.29, 0.717) is 5.56 Å². The molecule has 1 rings (SSSR count). The zero-order valence-electron chi connectivity index (χ0n) is 7.07. The van der Waals surface area contributed by atoms with E-state index in [-0.39, 0.29) is 11.5 Å². The van der Waals surface area contributed by atoms with E-state index >= 15 is 0 Å². The summed E-state index contributed by atoms with van der Waals surface area (Å²) >= 11 is 0. The number of aromatic hydroxyl groups is 2. The highest BCUT2D eigenvalue weighted by Crippen LogP contribution is 2.31. The van der Waals surface area contributed by atoms with E-state index in [1.807, 2.05) is 0 Å². The molecule has 0 aromatic heterocycles. The van der Waals surface area contributed by atoms with E-state index in [4.69, 9.17) is 5.11 Å². The summed E-state index contributed by atoms with van der Waals surface area (Å²) in [4.78, 5) is 0. The number of phenolic OH excluding ortho intramolecular Hbond substituents is 2. The lowest BCUT2D eigenvalue weighted by Crippen LogP contribution is -2.15. The first-order valence-corrected chi connectivity index (χ1v) is 3.66. The van der Waals surface area contributed by atoms with Gasteiger partial charge in [-0.05, 0) is 32.0 Å². The van der Waals surface area contributed by atoms with Crippen LogP contribution in [0.3, 0.4) is 0 Å². The topological polar surface area (TPSA) is 60.7 Å². The Bertz CT molecular complexity index is 286. The first-order chi connectivity index (χ1) is 5.41. The molecule has 0 bridgehead atoms. The molecule has 12 heavy (non-hydrogen) atoms. The third-order valence-electron chi connectivity index (χ3n) is 1.64. The molecule has 0 aliphatic carbocycles. The Kier molecular flexibility index (Phi) is 1.98. The summed E-state index contributed by atoms with van der Waals surface area (Å²) in [6, 6.07) is 4.06. The molecule has 0 radical (unpaired) electrons. The van der Waals surface area contributed by atoms with Crippen molar-refractivity contribution in [2.75, 3.05) is 0 Å². The van der Waals surface area contributed by atoms with E-state index in [2.05, 4.69) is 0 Å². The monoisotopic (exact) mass is 168 g/mol. The molecule has 0 aliphatic heterocycles. The first kappa shape index (κ1) is 8.87. The minimum atomic E-state index is -1.14. The molecule has 0 aliphatic rings. The van der Waals surface area contributed by atoms with Gasteiger partial charge in [0.2, 0.25) is 0 Å². The molecule has 3 heteroatoms. The van der Waals surface area contributed by atoms with Crippen LogP contribution in [0.5, 0.6) is 11.5 Å². The molecule has 0 heterocycles. The van der Waals surface area contributed by atoms with Crippen LogP contribution in [0, 0.1) is 0 Å². The number of phenols is 2. The fourth-order valence-electron chi connectivity index (χ4n) is 1.01. The van der Waals surface area contributed by atoms with Crippen molar-refractivity contribution >= 4 is 0 Å². The van der Waals surface area contributed by atoms with Crippen LogP contribution in [0.4, 0.5) is 0 Å². The van der Waals surface area contributed by atoms with Crippen LogP contribution in [-0.4, -0.2) is 15.3 Å². The number of rotatable bonds is 1. The van der Waals surface area contributed by atoms with E-state index in [9.17, 15) is 10.2 Å². The molecule has 0 amide bonds. The maximum absolute atomic E-state index is 9.52. The van der Waals surface area contributed by atoms with Crippen molar-refractivity contribution in [3.05, 3.63) is 23.8 Å². The third-order valence-corrected chi connectivity index (χ3v) is 1.64. The van der Waals surface area contributed by atoms with Crippen molar-refractivity contribution < 1.29 is 15.3 Å². The lowest BCUT2D eigenvalue weighted by atomic mass is 9.97. The van der Waals surface area contributed by atoms with Gasteiger partial charge in [0, 0.05) is 5.56 Å². The van der Waals surface area contributed by atoms with Crippen molar-refractivity contribution in [2.45, 2.75) is 19.4 Å². The second-order valence-corrected chi connectivity index (χ2v) is 3.26. The summed E-state index contributed by atoms with van der Waals surface area (Å²) < 4.78 is 0. The maximum Gasteiger partial charge on any atom is 0.121 e. The highest BCUT2D eigenvalue weighted by molar-refractivity contribution is 5.41. The molecule has 0 atom stereocenters. The van der Waals surface area contributed by atoms with E-state index < -0.39 is 5.60 Å². The van der Waals surface area contributed by atoms with Crippen LogP contribution in [0.15, 0.2) is 18.2 Å². The summed E-state index contributed by atoms with van der Waals surface area (Å²) in [5, 5.41) is 27.9. The molecule has 0 fully saturated rings. The third kappa shape index (κ3) is 1.68. The van der Waals surface area contributed by atoms with Crippen molar-refractivity contribution in [1.82, 2.24) is 0 Å². The molecule has 3 nitrogen and oxygen atoms in total. The van der Waals surface area contributed by atoms with E-state index in [1.165, 1.54) is 18.2 Å². The number of aliphatic hydroxyl groups is 1. The van der Waals surface area contributed by atoms with E-state index in [0.717, 1.165) is 0 Å². The van der Waals surface area contributed by atoms with Gasteiger partial charge in [0.25, 0.3) is 0 Å². The Morgan fingerprint density at radius 1 is 1.17 bits per heavy atom. The van der Waals surface area contributed by atoms with Gasteiger partial charge in [0.05, 0.1) is 5.60 Å². The van der Waals surface area contributed by atoms with Crippen LogP contribution in [-0.2, 0) is 5.60 Å². The van der Waals surface area contributed by atoms with Gasteiger partial charge in [-0.25, -0.2) is 0 Å². The standard InChI is InChI=1S/C9H12O3/c1-9(2,12)7-5-6(10)3-4-8(7)11/h3-5,10-12H,1-2H3. The van der Waals surface area contributed by atoms with Gasteiger partial charge >= 0.3 is 0 Å². The Morgan fingerprint density at radius 2 is 1.75 bits per heavy atom. The molecular formula is C9H12O3. The van der Waals surface area contributed by atoms with E-state index in [1.54, 1.807) is 13.8 Å². The predicted molar refractivity (Wildman–Crippen MR) is 45.0 cm³/mol. The highest BCUT2D eigenvalue weighted by Gasteiger charge is 2.20. The molecule has 0 unspecified atom stereocenters. The lowest BCUT2D eigenvalue weighted by Gasteiger charge is -2.18. The van der Waals surface area contributed by atoms with Gasteiger partial charge in [-0.1, -0.05) is 0 Å². The quantitative estimate of drug-likeness (QED) is 0.554. The van der Waals surface area contributed by atoms with Gasteiger partial charge in [0.1, 0.15) is 11.5 Å². The predicted octanol–water partition coefficient (Wildman–Crippen LogP) is 1.33. The summed E-state index contributed by atoms with van der Waals surface area (Å²) in [6.07, 6.45) is 0. The summed E-state index contributed by atoms with van der Waals surface area (Å²) in [5.74, 6) is 0.0187. The Labute approximate surface area is 70.9 Å². The van der Waals surface area contributed by atoms with Crippen molar-refractivity contribution in [2.24, 2.45) is 0 Å². The molecule has 1 aromatic carbocycles. The molecule has 0 spiro atoms. The average molecular weight is 168 g/mol. The number of hydrogen-bond acceptors (Lipinski definition) is 3. The first-order valence-electron chi connectivity index (χ1n) is 3.66. The molecule has 3 N–H and O–H groups in total. The smallest absolute Gasteiger partial charge is 0.121 e. The Hall–Kier alpha value is -1.22. The normalized spacial score (nSPS) is 11.6. The second kappa shape index (κ2) is 2.68. The molecular weight excluding hydrogens is 156 g/mol. The Balaban J connectivity index is 3.23. The largest absolute Gasteiger partial charge is 0.508 e. The van der Waals surface area contributed by atoms with Crippen LogP contribution in [0.2, 0.25) is 0 Å².